The Kier molecular flexibility index (Phi) is 5.36. The fraction of sp³-hybridized carbons (Fsp3) is 0.588. The van der Waals surface area contributed by atoms with Crippen LogP contribution in [0.15, 0.2) is 18.2 Å². The normalized spacial score (nSPS) is 26.5. The minimum atomic E-state index is -0.503. The van der Waals surface area contributed by atoms with E-state index in [-0.39, 0.29) is 17.3 Å². The van der Waals surface area contributed by atoms with Crippen molar-refractivity contribution in [1.29, 1.82) is 0 Å². The molecule has 1 saturated heterocycles. The van der Waals surface area contributed by atoms with E-state index in [4.69, 9.17) is 11.6 Å². The number of halogens is 1. The zero-order valence-electron chi connectivity index (χ0n) is 13.6. The molecule has 7 heteroatoms. The van der Waals surface area contributed by atoms with Crippen LogP contribution in [-0.4, -0.2) is 30.0 Å². The maximum absolute atomic E-state index is 12.4. The molecule has 1 heterocycles. The van der Waals surface area contributed by atoms with Gasteiger partial charge >= 0.3 is 0 Å². The highest BCUT2D eigenvalue weighted by Gasteiger charge is 2.37. The van der Waals surface area contributed by atoms with Gasteiger partial charge in [-0.1, -0.05) is 18.0 Å². The van der Waals surface area contributed by atoms with Crippen LogP contribution in [0.3, 0.4) is 0 Å². The Bertz CT molecular complexity index is 636. The largest absolute Gasteiger partial charge is 0.324 e. The second-order valence-corrected chi connectivity index (χ2v) is 7.28. The number of piperidine rings is 1. The van der Waals surface area contributed by atoms with E-state index in [2.05, 4.69) is 5.32 Å². The molecule has 0 radical (unpaired) electrons. The van der Waals surface area contributed by atoms with Crippen LogP contribution in [-0.2, 0) is 4.79 Å². The summed E-state index contributed by atoms with van der Waals surface area (Å²) in [7, 11) is 0. The second-order valence-electron chi connectivity index (χ2n) is 6.85. The predicted molar refractivity (Wildman–Crippen MR) is 92.4 cm³/mol. The molecule has 0 bridgehead atoms. The molecule has 1 aliphatic carbocycles. The van der Waals surface area contributed by atoms with E-state index in [0.717, 1.165) is 18.9 Å². The quantitative estimate of drug-likeness (QED) is 0.645. The number of benzene rings is 1. The predicted octanol–water partition coefficient (Wildman–Crippen LogP) is 2.42. The summed E-state index contributed by atoms with van der Waals surface area (Å²) in [4.78, 5) is 24.4. The molecule has 2 aliphatic rings. The standard InChI is InChI=1S/C17H22ClN3O3/c18-13-7-8-16(21(23)24)14(10-13)19-17(22)11-20-9-3-5-12-4-1-2-6-15(12)20/h7-8,10,12,15H,1-6,9,11H2,(H,19,22)/p+1/t12-,15-/m0/s1. The zero-order valence-corrected chi connectivity index (χ0v) is 14.3. The first kappa shape index (κ1) is 17.2. The van der Waals surface area contributed by atoms with Crippen LogP contribution in [0.1, 0.15) is 38.5 Å². The number of nitrogens with one attached hydrogen (secondary N) is 2. The Hall–Kier alpha value is -1.66. The molecule has 3 atom stereocenters. The summed E-state index contributed by atoms with van der Waals surface area (Å²) in [5, 5.41) is 14.2. The molecule has 3 rings (SSSR count). The SMILES string of the molecule is O=C(C[NH+]1CCC[C@@H]2CCCC[C@@H]21)Nc1cc(Cl)ccc1[N+](=O)[O-]. The number of likely N-dealkylation sites (tertiary alicyclic amines) is 1. The Morgan fingerprint density at radius 3 is 2.83 bits per heavy atom. The Labute approximate surface area is 146 Å². The van der Waals surface area contributed by atoms with E-state index < -0.39 is 4.92 Å². The van der Waals surface area contributed by atoms with Gasteiger partial charge in [-0.15, -0.1) is 0 Å². The third-order valence-corrected chi connectivity index (χ3v) is 5.56. The van der Waals surface area contributed by atoms with Crippen LogP contribution in [0.5, 0.6) is 0 Å². The van der Waals surface area contributed by atoms with Crippen LogP contribution in [0.4, 0.5) is 11.4 Å². The molecule has 24 heavy (non-hydrogen) atoms. The van der Waals surface area contributed by atoms with E-state index in [1.807, 2.05) is 0 Å². The third-order valence-electron chi connectivity index (χ3n) is 5.32. The first-order valence-corrected chi connectivity index (χ1v) is 9.01. The van der Waals surface area contributed by atoms with Crippen molar-refractivity contribution in [2.24, 2.45) is 5.92 Å². The number of nitro groups is 1. The summed E-state index contributed by atoms with van der Waals surface area (Å²) in [6.07, 6.45) is 7.43. The van der Waals surface area contributed by atoms with E-state index in [0.29, 0.717) is 17.6 Å². The number of carbonyl (C=O) groups is 1. The molecule has 1 aliphatic heterocycles. The van der Waals surface area contributed by atoms with Crippen molar-refractivity contribution >= 4 is 28.9 Å². The van der Waals surface area contributed by atoms with Crippen molar-refractivity contribution in [2.75, 3.05) is 18.4 Å². The lowest BCUT2D eigenvalue weighted by Gasteiger charge is -2.40. The maximum atomic E-state index is 12.4. The fourth-order valence-corrected chi connectivity index (χ4v) is 4.43. The van der Waals surface area contributed by atoms with E-state index in [1.54, 1.807) is 0 Å². The van der Waals surface area contributed by atoms with E-state index in [9.17, 15) is 14.9 Å². The van der Waals surface area contributed by atoms with Crippen molar-refractivity contribution < 1.29 is 14.6 Å². The number of nitrogens with zero attached hydrogens (tertiary/aromatic N) is 1. The summed E-state index contributed by atoms with van der Waals surface area (Å²) < 4.78 is 0. The lowest BCUT2D eigenvalue weighted by Crippen LogP contribution is -3.18. The van der Waals surface area contributed by atoms with E-state index in [1.165, 1.54) is 55.2 Å². The van der Waals surface area contributed by atoms with Gasteiger partial charge in [0.05, 0.1) is 17.5 Å². The van der Waals surface area contributed by atoms with Gasteiger partial charge in [0.15, 0.2) is 6.54 Å². The molecule has 130 valence electrons. The van der Waals surface area contributed by atoms with Gasteiger partial charge in [-0.25, -0.2) is 0 Å². The Balaban J connectivity index is 1.67. The zero-order chi connectivity index (χ0) is 17.1. The van der Waals surface area contributed by atoms with Crippen LogP contribution in [0, 0.1) is 16.0 Å². The first-order valence-electron chi connectivity index (χ1n) is 8.63. The monoisotopic (exact) mass is 352 g/mol. The molecule has 2 fully saturated rings. The minimum Gasteiger partial charge on any atom is -0.324 e. The van der Waals surface area contributed by atoms with Crippen molar-refractivity contribution in [2.45, 2.75) is 44.6 Å². The molecule has 1 unspecified atom stereocenters. The summed E-state index contributed by atoms with van der Waals surface area (Å²) in [6, 6.07) is 4.78. The second kappa shape index (κ2) is 7.49. The molecule has 0 aromatic heterocycles. The molecule has 1 saturated carbocycles. The van der Waals surface area contributed by atoms with Gasteiger partial charge in [0.25, 0.3) is 11.6 Å². The first-order chi connectivity index (χ1) is 11.5. The number of hydrogen-bond acceptors (Lipinski definition) is 3. The Morgan fingerprint density at radius 1 is 1.29 bits per heavy atom. The number of quaternary nitrogens is 1. The average Bonchev–Trinajstić information content (AvgIpc) is 2.55. The van der Waals surface area contributed by atoms with Crippen molar-refractivity contribution in [3.8, 4) is 0 Å². The highest BCUT2D eigenvalue weighted by atomic mass is 35.5. The molecular weight excluding hydrogens is 330 g/mol. The van der Waals surface area contributed by atoms with Crippen LogP contribution in [0.2, 0.25) is 5.02 Å². The van der Waals surface area contributed by atoms with Crippen LogP contribution >= 0.6 is 11.6 Å². The van der Waals surface area contributed by atoms with Crippen molar-refractivity contribution in [1.82, 2.24) is 0 Å². The molecule has 1 aromatic rings. The van der Waals surface area contributed by atoms with Gasteiger partial charge in [0.2, 0.25) is 0 Å². The Morgan fingerprint density at radius 2 is 2.04 bits per heavy atom. The van der Waals surface area contributed by atoms with Crippen LogP contribution < -0.4 is 10.2 Å². The highest BCUT2D eigenvalue weighted by molar-refractivity contribution is 6.31. The van der Waals surface area contributed by atoms with Crippen molar-refractivity contribution in [3.05, 3.63) is 33.3 Å². The van der Waals surface area contributed by atoms with Gasteiger partial charge in [-0.2, -0.15) is 0 Å². The van der Waals surface area contributed by atoms with Gasteiger partial charge in [0, 0.05) is 17.0 Å². The fourth-order valence-electron chi connectivity index (χ4n) is 4.26. The third kappa shape index (κ3) is 3.87. The average molecular weight is 353 g/mol. The maximum Gasteiger partial charge on any atom is 0.292 e. The van der Waals surface area contributed by atoms with Gasteiger partial charge in [0.1, 0.15) is 5.69 Å². The smallest absolute Gasteiger partial charge is 0.292 e. The molecule has 1 amide bonds. The number of amides is 1. The molecular formula is C17H23ClN3O3+. The van der Waals surface area contributed by atoms with Crippen LogP contribution in [0.25, 0.3) is 0 Å². The molecule has 1 aromatic carbocycles. The number of fused-ring (bicyclic) bond motifs is 1. The number of hydrogen-bond donors (Lipinski definition) is 2. The molecule has 6 nitrogen and oxygen atoms in total. The number of rotatable bonds is 4. The summed E-state index contributed by atoms with van der Waals surface area (Å²) in [6.45, 7) is 1.37. The van der Waals surface area contributed by atoms with Gasteiger partial charge < -0.3 is 10.2 Å². The number of anilines is 1. The summed E-state index contributed by atoms with van der Waals surface area (Å²) in [5.74, 6) is 0.553. The minimum absolute atomic E-state index is 0.128. The number of carbonyl (C=O) groups excluding carboxylic acids is 1. The molecule has 2 N–H and O–H groups in total. The topological polar surface area (TPSA) is 76.7 Å². The van der Waals surface area contributed by atoms with E-state index >= 15 is 0 Å². The lowest BCUT2D eigenvalue weighted by atomic mass is 9.78. The highest BCUT2D eigenvalue weighted by Crippen LogP contribution is 2.29. The summed E-state index contributed by atoms with van der Waals surface area (Å²) in [5.41, 5.74) is 0.0473. The molecule has 0 spiro atoms. The lowest BCUT2D eigenvalue weighted by molar-refractivity contribution is -0.928. The van der Waals surface area contributed by atoms with Crippen molar-refractivity contribution in [3.63, 3.8) is 0 Å². The summed E-state index contributed by atoms with van der Waals surface area (Å²) >= 11 is 5.91. The number of nitro benzene ring substituents is 1. The van der Waals surface area contributed by atoms with Gasteiger partial charge in [-0.3, -0.25) is 14.9 Å². The van der Waals surface area contributed by atoms with Gasteiger partial charge in [-0.05, 0) is 44.2 Å².